The summed E-state index contributed by atoms with van der Waals surface area (Å²) in [6.07, 6.45) is 5.14. The molecule has 1 N–H and O–H groups in total. The predicted molar refractivity (Wildman–Crippen MR) is 126 cm³/mol. The molecule has 34 heavy (non-hydrogen) atoms. The van der Waals surface area contributed by atoms with Gasteiger partial charge in [-0.3, -0.25) is 9.59 Å². The maximum absolute atomic E-state index is 13.1. The number of rotatable bonds is 7. The summed E-state index contributed by atoms with van der Waals surface area (Å²) in [5, 5.41) is 7.88. The van der Waals surface area contributed by atoms with Crippen molar-refractivity contribution in [2.45, 2.75) is 23.9 Å². The molecule has 3 heterocycles. The standard InChI is InChI=1S/C23H24FN7O2S/c24-16-1-5-18(6-2-16)29-9-11-30(12-10-29)22(32)14-34-21-13-20(25-15-26-21)31-8-7-19(28-31)23(33)27-17-3-4-17/h1-2,5-8,13,15,17H,3-4,9-12,14H2,(H,27,33). The van der Waals surface area contributed by atoms with Crippen LogP contribution in [-0.4, -0.2) is 74.4 Å². The van der Waals surface area contributed by atoms with Crippen molar-refractivity contribution in [1.82, 2.24) is 30.0 Å². The zero-order chi connectivity index (χ0) is 23.5. The number of benzene rings is 1. The van der Waals surface area contributed by atoms with E-state index in [2.05, 4.69) is 25.3 Å². The second-order valence-electron chi connectivity index (χ2n) is 8.24. The average molecular weight is 482 g/mol. The number of hydrogen-bond donors (Lipinski definition) is 1. The van der Waals surface area contributed by atoms with Gasteiger partial charge < -0.3 is 15.1 Å². The van der Waals surface area contributed by atoms with E-state index in [4.69, 9.17) is 0 Å². The highest BCUT2D eigenvalue weighted by Gasteiger charge is 2.25. The van der Waals surface area contributed by atoms with Crippen LogP contribution in [0.25, 0.3) is 5.82 Å². The first-order valence-electron chi connectivity index (χ1n) is 11.2. The van der Waals surface area contributed by atoms with Crippen LogP contribution < -0.4 is 10.2 Å². The Bertz CT molecular complexity index is 1170. The SMILES string of the molecule is O=C(NC1CC1)c1ccn(-c2cc(SCC(=O)N3CCN(c4ccc(F)cc4)CC3)ncn2)n1. The van der Waals surface area contributed by atoms with Crippen molar-refractivity contribution >= 4 is 29.3 Å². The van der Waals surface area contributed by atoms with Crippen molar-refractivity contribution in [3.05, 3.63) is 60.4 Å². The van der Waals surface area contributed by atoms with E-state index in [0.29, 0.717) is 42.7 Å². The molecule has 2 fully saturated rings. The number of carbonyl (C=O) groups excluding carboxylic acids is 2. The molecule has 11 heteroatoms. The van der Waals surface area contributed by atoms with E-state index in [1.165, 1.54) is 34.9 Å². The fourth-order valence-corrected chi connectivity index (χ4v) is 4.45. The van der Waals surface area contributed by atoms with E-state index >= 15 is 0 Å². The maximum atomic E-state index is 13.1. The lowest BCUT2D eigenvalue weighted by molar-refractivity contribution is -0.128. The molecule has 1 saturated carbocycles. The Kier molecular flexibility index (Phi) is 6.43. The first kappa shape index (κ1) is 22.3. The molecule has 176 valence electrons. The van der Waals surface area contributed by atoms with Crippen LogP contribution in [-0.2, 0) is 4.79 Å². The topological polar surface area (TPSA) is 96.2 Å². The summed E-state index contributed by atoms with van der Waals surface area (Å²) in [6.45, 7) is 2.64. The zero-order valence-electron chi connectivity index (χ0n) is 18.4. The van der Waals surface area contributed by atoms with E-state index in [-0.39, 0.29) is 29.4 Å². The van der Waals surface area contributed by atoms with Crippen molar-refractivity contribution in [2.24, 2.45) is 0 Å². The Balaban J connectivity index is 1.13. The third-order valence-corrected chi connectivity index (χ3v) is 6.67. The normalized spacial score (nSPS) is 15.9. The van der Waals surface area contributed by atoms with Gasteiger partial charge in [0.2, 0.25) is 5.91 Å². The van der Waals surface area contributed by atoms with Gasteiger partial charge in [0.1, 0.15) is 17.2 Å². The minimum atomic E-state index is -0.255. The maximum Gasteiger partial charge on any atom is 0.272 e. The molecule has 9 nitrogen and oxygen atoms in total. The monoisotopic (exact) mass is 481 g/mol. The van der Waals surface area contributed by atoms with Crippen LogP contribution in [0.4, 0.5) is 10.1 Å². The van der Waals surface area contributed by atoms with Gasteiger partial charge in [-0.15, -0.1) is 0 Å². The number of nitrogens with zero attached hydrogens (tertiary/aromatic N) is 6. The molecule has 0 unspecified atom stereocenters. The molecular weight excluding hydrogens is 457 g/mol. The van der Waals surface area contributed by atoms with Crippen molar-refractivity contribution < 1.29 is 14.0 Å². The third-order valence-electron chi connectivity index (χ3n) is 5.76. The lowest BCUT2D eigenvalue weighted by atomic mass is 10.2. The highest BCUT2D eigenvalue weighted by molar-refractivity contribution is 7.99. The van der Waals surface area contributed by atoms with Gasteiger partial charge >= 0.3 is 0 Å². The zero-order valence-corrected chi connectivity index (χ0v) is 19.2. The van der Waals surface area contributed by atoms with Crippen LogP contribution >= 0.6 is 11.8 Å². The summed E-state index contributed by atoms with van der Waals surface area (Å²) in [6, 6.07) is 10.1. The van der Waals surface area contributed by atoms with Gasteiger partial charge in [-0.05, 0) is 43.2 Å². The number of halogens is 1. The molecule has 0 bridgehead atoms. The Hall–Kier alpha value is -3.47. The number of piperazine rings is 1. The third kappa shape index (κ3) is 5.36. The molecule has 1 aromatic carbocycles. The number of nitrogens with one attached hydrogen (secondary N) is 1. The average Bonchev–Trinajstić information content (AvgIpc) is 3.54. The fraction of sp³-hybridized carbons (Fsp3) is 0.348. The van der Waals surface area contributed by atoms with E-state index in [9.17, 15) is 14.0 Å². The first-order valence-corrected chi connectivity index (χ1v) is 12.1. The number of amides is 2. The lowest BCUT2D eigenvalue weighted by Gasteiger charge is -2.36. The second-order valence-corrected chi connectivity index (χ2v) is 9.24. The van der Waals surface area contributed by atoms with Crippen LogP contribution in [0.5, 0.6) is 0 Å². The van der Waals surface area contributed by atoms with Gasteiger partial charge in [0.05, 0.1) is 5.75 Å². The Labute approximate surface area is 200 Å². The molecule has 0 atom stereocenters. The summed E-state index contributed by atoms with van der Waals surface area (Å²) in [5.74, 6) is 0.399. The highest BCUT2D eigenvalue weighted by Crippen LogP contribution is 2.21. The van der Waals surface area contributed by atoms with E-state index in [1.54, 1.807) is 30.5 Å². The van der Waals surface area contributed by atoms with Crippen molar-refractivity contribution in [2.75, 3.05) is 36.8 Å². The van der Waals surface area contributed by atoms with Crippen LogP contribution in [0.2, 0.25) is 0 Å². The van der Waals surface area contributed by atoms with Gasteiger partial charge in [-0.25, -0.2) is 19.0 Å². The summed E-state index contributed by atoms with van der Waals surface area (Å²) in [7, 11) is 0. The van der Waals surface area contributed by atoms with Crippen LogP contribution in [0, 0.1) is 5.82 Å². The number of aromatic nitrogens is 4. The van der Waals surface area contributed by atoms with Crippen LogP contribution in [0.1, 0.15) is 23.3 Å². The van der Waals surface area contributed by atoms with Crippen LogP contribution in [0.15, 0.2) is 53.9 Å². The molecule has 1 saturated heterocycles. The smallest absolute Gasteiger partial charge is 0.272 e. The molecule has 5 rings (SSSR count). The van der Waals surface area contributed by atoms with Gasteiger partial charge in [-0.2, -0.15) is 5.10 Å². The number of hydrogen-bond acceptors (Lipinski definition) is 7. The number of carbonyl (C=O) groups is 2. The second kappa shape index (κ2) is 9.80. The molecule has 0 radical (unpaired) electrons. The predicted octanol–water partition coefficient (Wildman–Crippen LogP) is 2.13. The van der Waals surface area contributed by atoms with E-state index in [0.717, 1.165) is 18.5 Å². The molecule has 1 aliphatic heterocycles. The number of thioether (sulfide) groups is 1. The molecule has 2 aromatic heterocycles. The molecule has 1 aliphatic carbocycles. The van der Waals surface area contributed by atoms with Gasteiger partial charge in [-0.1, -0.05) is 11.8 Å². The van der Waals surface area contributed by atoms with Crippen LogP contribution in [0.3, 0.4) is 0 Å². The van der Waals surface area contributed by atoms with Gasteiger partial charge in [0.25, 0.3) is 5.91 Å². The molecular formula is C23H24FN7O2S. The van der Waals surface area contributed by atoms with Crippen molar-refractivity contribution in [3.8, 4) is 5.82 Å². The summed E-state index contributed by atoms with van der Waals surface area (Å²) < 4.78 is 14.7. The molecule has 2 aliphatic rings. The lowest BCUT2D eigenvalue weighted by Crippen LogP contribution is -2.49. The minimum absolute atomic E-state index is 0.0436. The Morgan fingerprint density at radius 1 is 1.06 bits per heavy atom. The molecule has 3 aromatic rings. The molecule has 2 amide bonds. The number of anilines is 1. The summed E-state index contributed by atoms with van der Waals surface area (Å²) in [5.41, 5.74) is 1.30. The molecule has 0 spiro atoms. The van der Waals surface area contributed by atoms with E-state index < -0.39 is 0 Å². The fourth-order valence-electron chi connectivity index (χ4n) is 3.69. The van der Waals surface area contributed by atoms with Crippen molar-refractivity contribution in [1.29, 1.82) is 0 Å². The largest absolute Gasteiger partial charge is 0.368 e. The van der Waals surface area contributed by atoms with Crippen molar-refractivity contribution in [3.63, 3.8) is 0 Å². The first-order chi connectivity index (χ1) is 16.5. The van der Waals surface area contributed by atoms with Gasteiger partial charge in [0, 0.05) is 50.2 Å². The van der Waals surface area contributed by atoms with Gasteiger partial charge in [0.15, 0.2) is 11.5 Å². The quantitative estimate of drug-likeness (QED) is 0.408. The minimum Gasteiger partial charge on any atom is -0.368 e. The summed E-state index contributed by atoms with van der Waals surface area (Å²) in [4.78, 5) is 37.4. The Morgan fingerprint density at radius 2 is 1.82 bits per heavy atom. The Morgan fingerprint density at radius 3 is 2.56 bits per heavy atom. The van der Waals surface area contributed by atoms with E-state index in [1.807, 2.05) is 4.90 Å². The summed E-state index contributed by atoms with van der Waals surface area (Å²) >= 11 is 1.34. The highest BCUT2D eigenvalue weighted by atomic mass is 32.2.